The summed E-state index contributed by atoms with van der Waals surface area (Å²) in [6.07, 6.45) is 0.921. The zero-order chi connectivity index (χ0) is 21.8. The fourth-order valence-corrected chi connectivity index (χ4v) is 2.67. The molecule has 0 heterocycles. The SMILES string of the molecule is CCCOc1ccc(CNC(=S)NC(=O)c2ccc(OCCOC)cc2)cc1OC. The molecule has 0 unspecified atom stereocenters. The van der Waals surface area contributed by atoms with Crippen LogP contribution in [0.5, 0.6) is 17.2 Å². The van der Waals surface area contributed by atoms with Crippen LogP contribution in [-0.4, -0.2) is 45.1 Å². The maximum absolute atomic E-state index is 12.3. The number of nitrogens with one attached hydrogen (secondary N) is 2. The molecule has 0 atom stereocenters. The van der Waals surface area contributed by atoms with Crippen molar-refractivity contribution < 1.29 is 23.7 Å². The molecule has 0 radical (unpaired) electrons. The summed E-state index contributed by atoms with van der Waals surface area (Å²) in [7, 11) is 3.21. The number of benzene rings is 2. The molecule has 1 amide bonds. The summed E-state index contributed by atoms with van der Waals surface area (Å²) in [4.78, 5) is 12.3. The Morgan fingerprint density at radius 3 is 2.40 bits per heavy atom. The van der Waals surface area contributed by atoms with Gasteiger partial charge >= 0.3 is 0 Å². The minimum Gasteiger partial charge on any atom is -0.493 e. The second-order valence-corrected chi connectivity index (χ2v) is 6.74. The van der Waals surface area contributed by atoms with Gasteiger partial charge in [0.05, 0.1) is 20.3 Å². The molecule has 0 saturated carbocycles. The molecule has 2 rings (SSSR count). The molecule has 2 aromatic rings. The Morgan fingerprint density at radius 1 is 0.967 bits per heavy atom. The molecule has 2 aromatic carbocycles. The maximum Gasteiger partial charge on any atom is 0.257 e. The predicted molar refractivity (Wildman–Crippen MR) is 119 cm³/mol. The third-order valence-electron chi connectivity index (χ3n) is 4.04. The number of carbonyl (C=O) groups is 1. The van der Waals surface area contributed by atoms with Gasteiger partial charge in [-0.2, -0.15) is 0 Å². The van der Waals surface area contributed by atoms with Crippen molar-refractivity contribution in [2.75, 3.05) is 34.0 Å². The second kappa shape index (κ2) is 12.7. The van der Waals surface area contributed by atoms with E-state index in [-0.39, 0.29) is 11.0 Å². The zero-order valence-electron chi connectivity index (χ0n) is 17.5. The van der Waals surface area contributed by atoms with Crippen molar-refractivity contribution >= 4 is 23.2 Å². The van der Waals surface area contributed by atoms with E-state index in [4.69, 9.17) is 31.2 Å². The number of hydrogen-bond acceptors (Lipinski definition) is 6. The van der Waals surface area contributed by atoms with Crippen LogP contribution in [0, 0.1) is 0 Å². The molecule has 0 fully saturated rings. The molecular weight excluding hydrogens is 404 g/mol. The van der Waals surface area contributed by atoms with Gasteiger partial charge in [0, 0.05) is 19.2 Å². The van der Waals surface area contributed by atoms with Crippen LogP contribution in [0.15, 0.2) is 42.5 Å². The van der Waals surface area contributed by atoms with Gasteiger partial charge in [-0.25, -0.2) is 0 Å². The molecule has 0 aliphatic rings. The molecule has 0 bridgehead atoms. The molecule has 0 aliphatic heterocycles. The normalized spacial score (nSPS) is 10.2. The third-order valence-corrected chi connectivity index (χ3v) is 4.29. The van der Waals surface area contributed by atoms with Crippen LogP contribution in [0.1, 0.15) is 29.3 Å². The molecule has 8 heteroatoms. The first-order chi connectivity index (χ1) is 14.6. The Balaban J connectivity index is 1.84. The van der Waals surface area contributed by atoms with Gasteiger partial charge in [0.15, 0.2) is 16.6 Å². The summed E-state index contributed by atoms with van der Waals surface area (Å²) in [5.74, 6) is 1.74. The molecule has 30 heavy (non-hydrogen) atoms. The van der Waals surface area contributed by atoms with Crippen molar-refractivity contribution in [1.29, 1.82) is 0 Å². The smallest absolute Gasteiger partial charge is 0.257 e. The molecule has 0 saturated heterocycles. The van der Waals surface area contributed by atoms with Crippen LogP contribution >= 0.6 is 12.2 Å². The van der Waals surface area contributed by atoms with E-state index in [0.717, 1.165) is 12.0 Å². The molecular formula is C22H28N2O5S. The quantitative estimate of drug-likeness (QED) is 0.417. The van der Waals surface area contributed by atoms with Crippen molar-refractivity contribution in [3.8, 4) is 17.2 Å². The van der Waals surface area contributed by atoms with Gasteiger partial charge in [-0.05, 0) is 60.6 Å². The lowest BCUT2D eigenvalue weighted by Crippen LogP contribution is -2.38. The Hall–Kier alpha value is -2.84. The van der Waals surface area contributed by atoms with E-state index in [9.17, 15) is 4.79 Å². The third kappa shape index (κ3) is 7.53. The summed E-state index contributed by atoms with van der Waals surface area (Å²) in [6, 6.07) is 12.5. The van der Waals surface area contributed by atoms with E-state index in [1.165, 1.54) is 0 Å². The number of methoxy groups -OCH3 is 2. The largest absolute Gasteiger partial charge is 0.493 e. The van der Waals surface area contributed by atoms with Crippen LogP contribution < -0.4 is 24.8 Å². The average molecular weight is 433 g/mol. The van der Waals surface area contributed by atoms with E-state index in [0.29, 0.717) is 49.2 Å². The van der Waals surface area contributed by atoms with Crippen LogP contribution in [0.25, 0.3) is 0 Å². The number of carbonyl (C=O) groups excluding carboxylic acids is 1. The average Bonchev–Trinajstić information content (AvgIpc) is 2.77. The van der Waals surface area contributed by atoms with E-state index < -0.39 is 0 Å². The summed E-state index contributed by atoms with van der Waals surface area (Å²) in [5, 5.41) is 5.94. The lowest BCUT2D eigenvalue weighted by atomic mass is 10.2. The highest BCUT2D eigenvalue weighted by Crippen LogP contribution is 2.28. The lowest BCUT2D eigenvalue weighted by molar-refractivity contribution is 0.0976. The first kappa shape index (κ1) is 23.4. The molecule has 162 valence electrons. The Bertz CT molecular complexity index is 827. The fourth-order valence-electron chi connectivity index (χ4n) is 2.50. The van der Waals surface area contributed by atoms with Crippen LogP contribution in [0.3, 0.4) is 0 Å². The van der Waals surface area contributed by atoms with E-state index in [2.05, 4.69) is 10.6 Å². The summed E-state index contributed by atoms with van der Waals surface area (Å²) in [6.45, 7) is 4.07. The van der Waals surface area contributed by atoms with Crippen molar-refractivity contribution in [2.45, 2.75) is 19.9 Å². The van der Waals surface area contributed by atoms with Gasteiger partial charge < -0.3 is 24.3 Å². The van der Waals surface area contributed by atoms with Gasteiger partial charge in [0.2, 0.25) is 0 Å². The van der Waals surface area contributed by atoms with Crippen LogP contribution in [-0.2, 0) is 11.3 Å². The zero-order valence-corrected chi connectivity index (χ0v) is 18.3. The summed E-state index contributed by atoms with van der Waals surface area (Å²) >= 11 is 5.23. The topological polar surface area (TPSA) is 78.1 Å². The van der Waals surface area contributed by atoms with Gasteiger partial charge in [-0.1, -0.05) is 13.0 Å². The van der Waals surface area contributed by atoms with E-state index >= 15 is 0 Å². The highest BCUT2D eigenvalue weighted by atomic mass is 32.1. The maximum atomic E-state index is 12.3. The Morgan fingerprint density at radius 2 is 1.73 bits per heavy atom. The van der Waals surface area contributed by atoms with Crippen LogP contribution in [0.4, 0.5) is 0 Å². The van der Waals surface area contributed by atoms with E-state index in [1.54, 1.807) is 38.5 Å². The van der Waals surface area contributed by atoms with Crippen molar-refractivity contribution in [3.63, 3.8) is 0 Å². The first-order valence-corrected chi connectivity index (χ1v) is 10.1. The van der Waals surface area contributed by atoms with Gasteiger partial charge in [0.1, 0.15) is 12.4 Å². The van der Waals surface area contributed by atoms with Gasteiger partial charge in [0.25, 0.3) is 5.91 Å². The standard InChI is InChI=1S/C22H28N2O5S/c1-4-11-29-19-10-5-16(14-20(19)27-3)15-23-22(30)24-21(25)17-6-8-18(9-7-17)28-13-12-26-2/h5-10,14H,4,11-13,15H2,1-3H3,(H2,23,24,25,30). The number of rotatable bonds is 11. The van der Waals surface area contributed by atoms with Crippen LogP contribution in [0.2, 0.25) is 0 Å². The molecule has 2 N–H and O–H groups in total. The number of hydrogen-bond donors (Lipinski definition) is 2. The van der Waals surface area contributed by atoms with Gasteiger partial charge in [-0.15, -0.1) is 0 Å². The van der Waals surface area contributed by atoms with Gasteiger partial charge in [-0.3, -0.25) is 10.1 Å². The molecule has 7 nitrogen and oxygen atoms in total. The number of thiocarbonyl (C=S) groups is 1. The Labute approximate surface area is 182 Å². The Kier molecular flexibility index (Phi) is 9.90. The monoisotopic (exact) mass is 432 g/mol. The van der Waals surface area contributed by atoms with Crippen molar-refractivity contribution in [1.82, 2.24) is 10.6 Å². The number of ether oxygens (including phenoxy) is 4. The lowest BCUT2D eigenvalue weighted by Gasteiger charge is -2.13. The molecule has 0 aliphatic carbocycles. The van der Waals surface area contributed by atoms with E-state index in [1.807, 2.05) is 25.1 Å². The minimum absolute atomic E-state index is 0.241. The summed E-state index contributed by atoms with van der Waals surface area (Å²) in [5.41, 5.74) is 1.43. The predicted octanol–water partition coefficient (Wildman–Crippen LogP) is 3.31. The van der Waals surface area contributed by atoms with Crippen molar-refractivity contribution in [2.24, 2.45) is 0 Å². The van der Waals surface area contributed by atoms with Crippen molar-refractivity contribution in [3.05, 3.63) is 53.6 Å². The second-order valence-electron chi connectivity index (χ2n) is 6.34. The first-order valence-electron chi connectivity index (χ1n) is 9.68. The minimum atomic E-state index is -0.295. The summed E-state index contributed by atoms with van der Waals surface area (Å²) < 4.78 is 21.5. The molecule has 0 spiro atoms. The number of amides is 1. The fraction of sp³-hybridized carbons (Fsp3) is 0.364. The highest BCUT2D eigenvalue weighted by molar-refractivity contribution is 7.80. The highest BCUT2D eigenvalue weighted by Gasteiger charge is 2.09. The molecule has 0 aromatic heterocycles.